The lowest BCUT2D eigenvalue weighted by Gasteiger charge is -2.10. The third-order valence-corrected chi connectivity index (χ3v) is 3.81. The van der Waals surface area contributed by atoms with Gasteiger partial charge in [0.1, 0.15) is 0 Å². The summed E-state index contributed by atoms with van der Waals surface area (Å²) in [5.74, 6) is 0.942. The zero-order valence-corrected chi connectivity index (χ0v) is 9.68. The van der Waals surface area contributed by atoms with E-state index in [4.69, 9.17) is 11.6 Å². The molecule has 2 aliphatic rings. The van der Waals surface area contributed by atoms with Crippen molar-refractivity contribution in [2.24, 2.45) is 0 Å². The smallest absolute Gasteiger partial charge is 0.0450 e. The van der Waals surface area contributed by atoms with Crippen molar-refractivity contribution in [1.82, 2.24) is 0 Å². The summed E-state index contributed by atoms with van der Waals surface area (Å²) in [5, 5.41) is 0.920. The highest BCUT2D eigenvalue weighted by Crippen LogP contribution is 2.55. The molecule has 1 aromatic carbocycles. The summed E-state index contributed by atoms with van der Waals surface area (Å²) in [5.41, 5.74) is 5.72. The van der Waals surface area contributed by atoms with Crippen LogP contribution in [-0.2, 0) is 0 Å². The van der Waals surface area contributed by atoms with Gasteiger partial charge in [-0.3, -0.25) is 0 Å². The predicted octanol–water partition coefficient (Wildman–Crippen LogP) is 10.2. The van der Waals surface area contributed by atoms with Gasteiger partial charge in [-0.25, -0.2) is 0 Å². The van der Waals surface area contributed by atoms with Gasteiger partial charge in [0.2, 0.25) is 0 Å². The molecule has 148 valence electrons. The predicted molar refractivity (Wildman–Crippen MR) is 125 cm³/mol. The quantitative estimate of drug-likeness (QED) is 0.403. The number of fused-ring (bicyclic) bond motifs is 5. The number of allylic oxidation sites excluding steroid dienone is 4. The van der Waals surface area contributed by atoms with Crippen LogP contribution in [0.2, 0.25) is 5.02 Å². The maximum atomic E-state index is 6.28. The Hall–Kier alpha value is -1.01. The molecule has 1 heteroatoms. The van der Waals surface area contributed by atoms with E-state index in [1.807, 2.05) is 6.07 Å². The number of rotatable bonds is 0. The minimum absolute atomic E-state index is 0. The summed E-state index contributed by atoms with van der Waals surface area (Å²) >= 11 is 6.28. The van der Waals surface area contributed by atoms with Gasteiger partial charge < -0.3 is 0 Å². The summed E-state index contributed by atoms with van der Waals surface area (Å²) in [6.45, 7) is 4.39. The molecule has 0 spiro atoms. The van der Waals surface area contributed by atoms with Crippen LogP contribution in [0.25, 0.3) is 0 Å². The van der Waals surface area contributed by atoms with E-state index < -0.39 is 0 Å². The molecule has 2 bridgehead atoms. The Balaban J connectivity index is -0.0000000642. The summed E-state index contributed by atoms with van der Waals surface area (Å²) in [6.07, 6.45) is 4.60. The van der Waals surface area contributed by atoms with Gasteiger partial charge in [-0.1, -0.05) is 108 Å². The third-order valence-electron chi connectivity index (χ3n) is 3.48. The van der Waals surface area contributed by atoms with Gasteiger partial charge in [0.25, 0.3) is 0 Å². The number of hydrogen-bond donors (Lipinski definition) is 0. The van der Waals surface area contributed by atoms with Crippen LogP contribution in [-0.4, -0.2) is 0 Å². The van der Waals surface area contributed by atoms with Gasteiger partial charge in [-0.2, -0.15) is 0 Å². The van der Waals surface area contributed by atoms with Crippen LogP contribution in [0, 0.1) is 0 Å². The Kier molecular flexibility index (Phi) is 28.1. The number of benzene rings is 1. The maximum absolute atomic E-state index is 6.28. The van der Waals surface area contributed by atoms with Crippen LogP contribution in [0.1, 0.15) is 104 Å². The zero-order chi connectivity index (χ0) is 10.6. The van der Waals surface area contributed by atoms with E-state index in [2.05, 4.69) is 38.1 Å². The molecule has 0 saturated carbocycles. The van der Waals surface area contributed by atoms with Crippen LogP contribution in [0.4, 0.5) is 0 Å². The van der Waals surface area contributed by atoms with Crippen LogP contribution >= 0.6 is 11.6 Å². The molecule has 0 aliphatic heterocycles. The van der Waals surface area contributed by atoms with Gasteiger partial charge in [-0.15, -0.1) is 0 Å². The second-order valence-electron chi connectivity index (χ2n) is 4.54. The van der Waals surface area contributed by atoms with E-state index in [0.717, 1.165) is 5.02 Å². The number of halogens is 1. The minimum atomic E-state index is 0. The zero-order valence-electron chi connectivity index (χ0n) is 8.92. The average molecular weight is 361 g/mol. The lowest BCUT2D eigenvalue weighted by molar-refractivity contribution is 0.992. The highest BCUT2D eigenvalue weighted by Gasteiger charge is 2.38. The van der Waals surface area contributed by atoms with Gasteiger partial charge in [0.15, 0.2) is 0 Å². The van der Waals surface area contributed by atoms with Crippen molar-refractivity contribution >= 4 is 11.6 Å². The van der Waals surface area contributed by atoms with Crippen molar-refractivity contribution in [3.63, 3.8) is 0 Å². The van der Waals surface area contributed by atoms with Crippen molar-refractivity contribution in [2.75, 3.05) is 0 Å². The molecule has 0 fully saturated rings. The fourth-order valence-electron chi connectivity index (χ4n) is 2.92. The summed E-state index contributed by atoms with van der Waals surface area (Å²) < 4.78 is 0. The first-order chi connectivity index (χ1) is 7.20. The minimum Gasteiger partial charge on any atom is -0.0840 e. The Morgan fingerprint density at radius 1 is 0.750 bits per heavy atom. The first-order valence-electron chi connectivity index (χ1n) is 5.34. The Bertz CT molecular complexity index is 491. The number of hydrogen-bond acceptors (Lipinski definition) is 0. The van der Waals surface area contributed by atoms with Crippen molar-refractivity contribution < 1.29 is 0 Å². The molecule has 0 radical (unpaired) electrons. The highest BCUT2D eigenvalue weighted by molar-refractivity contribution is 6.31. The SMILES string of the molecule is C.C.C.C.C.C.C.C.C.CC(C)=C1C2C=CC1c1c(Cl)cccc12. The summed E-state index contributed by atoms with van der Waals surface area (Å²) in [6, 6.07) is 6.26. The molecule has 0 nitrogen and oxygen atoms in total. The molecular formula is C23H49Cl. The normalized spacial score (nSPS) is 16.2. The van der Waals surface area contributed by atoms with Crippen LogP contribution in [0.15, 0.2) is 41.5 Å². The Morgan fingerprint density at radius 2 is 1.21 bits per heavy atom. The molecule has 1 aromatic rings. The lowest BCUT2D eigenvalue weighted by atomic mass is 9.97. The second kappa shape index (κ2) is 15.5. The van der Waals surface area contributed by atoms with E-state index in [1.165, 1.54) is 22.3 Å². The van der Waals surface area contributed by atoms with Crippen molar-refractivity contribution in [3.8, 4) is 0 Å². The molecule has 0 N–H and O–H groups in total. The molecule has 0 amide bonds. The first-order valence-corrected chi connectivity index (χ1v) is 5.72. The van der Waals surface area contributed by atoms with Crippen LogP contribution in [0.3, 0.4) is 0 Å². The molecule has 2 aliphatic carbocycles. The molecular weight excluding hydrogens is 312 g/mol. The summed E-state index contributed by atoms with van der Waals surface area (Å²) in [4.78, 5) is 0. The van der Waals surface area contributed by atoms with E-state index in [1.54, 1.807) is 0 Å². The largest absolute Gasteiger partial charge is 0.0840 e. The average Bonchev–Trinajstić information content (AvgIpc) is 2.73. The Labute approximate surface area is 162 Å². The molecule has 0 heterocycles. The van der Waals surface area contributed by atoms with Gasteiger partial charge in [0.05, 0.1) is 0 Å². The van der Waals surface area contributed by atoms with Crippen molar-refractivity contribution in [2.45, 2.75) is 92.5 Å². The molecule has 2 atom stereocenters. The van der Waals surface area contributed by atoms with Gasteiger partial charge >= 0.3 is 0 Å². The monoisotopic (exact) mass is 360 g/mol. The fourth-order valence-corrected chi connectivity index (χ4v) is 3.22. The third kappa shape index (κ3) is 5.81. The van der Waals surface area contributed by atoms with Crippen LogP contribution < -0.4 is 0 Å². The lowest BCUT2D eigenvalue weighted by Crippen LogP contribution is -1.92. The molecule has 3 rings (SSSR count). The highest BCUT2D eigenvalue weighted by atomic mass is 35.5. The van der Waals surface area contributed by atoms with E-state index >= 15 is 0 Å². The van der Waals surface area contributed by atoms with Gasteiger partial charge in [0, 0.05) is 16.9 Å². The molecule has 24 heavy (non-hydrogen) atoms. The second-order valence-corrected chi connectivity index (χ2v) is 4.95. The van der Waals surface area contributed by atoms with Crippen molar-refractivity contribution in [1.29, 1.82) is 0 Å². The van der Waals surface area contributed by atoms with E-state index in [-0.39, 0.29) is 66.8 Å². The topological polar surface area (TPSA) is 0 Å². The standard InChI is InChI=1S/C14H13Cl.9CH4/c1-8(2)13-10-6-7-11(13)14-9(10)4-3-5-12(14)15;;;;;;;;;/h3-7,10-11H,1-2H3;9*1H4. The first kappa shape index (κ1) is 43.5. The Morgan fingerprint density at radius 3 is 1.62 bits per heavy atom. The van der Waals surface area contributed by atoms with E-state index in [9.17, 15) is 0 Å². The van der Waals surface area contributed by atoms with Crippen molar-refractivity contribution in [3.05, 3.63) is 57.6 Å². The fraction of sp³-hybridized carbons (Fsp3) is 0.565. The maximum Gasteiger partial charge on any atom is 0.0450 e. The molecule has 2 unspecified atom stereocenters. The summed E-state index contributed by atoms with van der Waals surface area (Å²) in [7, 11) is 0. The molecule has 0 saturated heterocycles. The van der Waals surface area contributed by atoms with Crippen LogP contribution in [0.5, 0.6) is 0 Å². The van der Waals surface area contributed by atoms with E-state index in [0.29, 0.717) is 11.8 Å². The molecule has 0 aromatic heterocycles. The van der Waals surface area contributed by atoms with Gasteiger partial charge in [-0.05, 0) is 36.6 Å².